The summed E-state index contributed by atoms with van der Waals surface area (Å²) in [5.74, 6) is -0.0844. The number of phenols is 1. The van der Waals surface area contributed by atoms with Gasteiger partial charge in [0.1, 0.15) is 23.2 Å². The van der Waals surface area contributed by atoms with Crippen LogP contribution in [0.25, 0.3) is 22.4 Å². The van der Waals surface area contributed by atoms with E-state index in [1.165, 1.54) is 0 Å². The summed E-state index contributed by atoms with van der Waals surface area (Å²) in [7, 11) is 3.74. The lowest BCUT2D eigenvalue weighted by Crippen LogP contribution is -2.19. The quantitative estimate of drug-likeness (QED) is 0.484. The standard InChI is InChI=1S/C23H24N6O2/c1-29(2)20-8-7-14(11-19(20)27-22(31)9-10-24)16-12-18(28-23(26)17(16)13-25)15-5-3-4-6-21(15)30/h3-8,11-12,30H,9-10,24H2,1-2H3,(H2,26,28)(H,27,31). The van der Waals surface area contributed by atoms with Gasteiger partial charge in [-0.1, -0.05) is 18.2 Å². The highest BCUT2D eigenvalue weighted by atomic mass is 16.3. The lowest BCUT2D eigenvalue weighted by Gasteiger charge is -2.20. The van der Waals surface area contributed by atoms with Gasteiger partial charge < -0.3 is 26.8 Å². The van der Waals surface area contributed by atoms with Crippen molar-refractivity contribution in [1.82, 2.24) is 4.98 Å². The molecule has 1 aromatic heterocycles. The SMILES string of the molecule is CN(C)c1ccc(-c2cc(-c3ccccc3O)nc(N)c2C#N)cc1NC(=O)CCN. The smallest absolute Gasteiger partial charge is 0.225 e. The highest BCUT2D eigenvalue weighted by molar-refractivity contribution is 5.96. The molecule has 8 heteroatoms. The third-order valence-electron chi connectivity index (χ3n) is 4.77. The Balaban J connectivity index is 2.18. The van der Waals surface area contributed by atoms with E-state index in [2.05, 4.69) is 16.4 Å². The number of aromatic nitrogens is 1. The van der Waals surface area contributed by atoms with Crippen LogP contribution in [0.15, 0.2) is 48.5 Å². The van der Waals surface area contributed by atoms with Gasteiger partial charge in [-0.25, -0.2) is 4.98 Å². The fourth-order valence-electron chi connectivity index (χ4n) is 3.28. The van der Waals surface area contributed by atoms with Crippen molar-refractivity contribution in [2.45, 2.75) is 6.42 Å². The summed E-state index contributed by atoms with van der Waals surface area (Å²) in [5.41, 5.74) is 15.4. The van der Waals surface area contributed by atoms with Gasteiger partial charge in [0.25, 0.3) is 0 Å². The number of nitrogen functional groups attached to an aromatic ring is 1. The van der Waals surface area contributed by atoms with E-state index in [1.54, 1.807) is 36.4 Å². The number of phenolic OH excluding ortho intramolecular Hbond substituents is 1. The minimum Gasteiger partial charge on any atom is -0.507 e. The molecule has 0 aliphatic heterocycles. The number of nitrogens with zero attached hydrogens (tertiary/aromatic N) is 3. The van der Waals surface area contributed by atoms with Gasteiger partial charge in [0.05, 0.1) is 17.1 Å². The second kappa shape index (κ2) is 9.15. The number of aromatic hydroxyl groups is 1. The van der Waals surface area contributed by atoms with Gasteiger partial charge in [0, 0.05) is 38.2 Å². The molecule has 2 aromatic carbocycles. The van der Waals surface area contributed by atoms with E-state index in [9.17, 15) is 15.2 Å². The molecule has 0 fully saturated rings. The molecular formula is C23H24N6O2. The molecule has 1 heterocycles. The molecule has 1 amide bonds. The number of nitriles is 1. The molecule has 3 rings (SSSR count). The molecule has 0 aliphatic rings. The van der Waals surface area contributed by atoms with Crippen LogP contribution in [0.1, 0.15) is 12.0 Å². The third-order valence-corrected chi connectivity index (χ3v) is 4.77. The first-order valence-corrected chi connectivity index (χ1v) is 9.66. The summed E-state index contributed by atoms with van der Waals surface area (Å²) in [5, 5.41) is 22.8. The van der Waals surface area contributed by atoms with Crippen LogP contribution in [0.3, 0.4) is 0 Å². The summed E-state index contributed by atoms with van der Waals surface area (Å²) in [6, 6.07) is 16.1. The van der Waals surface area contributed by atoms with Crippen LogP contribution >= 0.6 is 0 Å². The molecule has 0 unspecified atom stereocenters. The number of benzene rings is 2. The van der Waals surface area contributed by atoms with E-state index in [1.807, 2.05) is 31.1 Å². The highest BCUT2D eigenvalue weighted by Crippen LogP contribution is 2.37. The number of carbonyl (C=O) groups excluding carboxylic acids is 1. The van der Waals surface area contributed by atoms with Crippen LogP contribution in [0.2, 0.25) is 0 Å². The Hall–Kier alpha value is -4.09. The molecule has 31 heavy (non-hydrogen) atoms. The molecule has 158 valence electrons. The molecule has 0 spiro atoms. The maximum atomic E-state index is 12.2. The van der Waals surface area contributed by atoms with Crippen molar-refractivity contribution in [3.05, 3.63) is 54.1 Å². The van der Waals surface area contributed by atoms with Gasteiger partial charge in [0.15, 0.2) is 0 Å². The van der Waals surface area contributed by atoms with Crippen molar-refractivity contribution in [2.75, 3.05) is 36.6 Å². The largest absolute Gasteiger partial charge is 0.507 e. The molecule has 3 aromatic rings. The Morgan fingerprint density at radius 2 is 1.94 bits per heavy atom. The summed E-state index contributed by atoms with van der Waals surface area (Å²) in [4.78, 5) is 18.4. The molecule has 8 nitrogen and oxygen atoms in total. The zero-order valence-corrected chi connectivity index (χ0v) is 17.4. The lowest BCUT2D eigenvalue weighted by atomic mass is 9.97. The average molecular weight is 416 g/mol. The average Bonchev–Trinajstić information content (AvgIpc) is 2.73. The molecule has 0 saturated heterocycles. The van der Waals surface area contributed by atoms with Crippen LogP contribution in [-0.4, -0.2) is 36.6 Å². The number of anilines is 3. The predicted octanol–water partition coefficient (Wildman–Crippen LogP) is 2.93. The van der Waals surface area contributed by atoms with Crippen LogP contribution in [0, 0.1) is 11.3 Å². The number of rotatable bonds is 6. The van der Waals surface area contributed by atoms with Gasteiger partial charge in [-0.2, -0.15) is 5.26 Å². The van der Waals surface area contributed by atoms with Crippen LogP contribution in [0.4, 0.5) is 17.2 Å². The Bertz CT molecular complexity index is 1170. The predicted molar refractivity (Wildman–Crippen MR) is 123 cm³/mol. The molecular weight excluding hydrogens is 392 g/mol. The lowest BCUT2D eigenvalue weighted by molar-refractivity contribution is -0.116. The summed E-state index contributed by atoms with van der Waals surface area (Å²) >= 11 is 0. The number of hydrogen-bond donors (Lipinski definition) is 4. The Kier molecular flexibility index (Phi) is 6.38. The summed E-state index contributed by atoms with van der Waals surface area (Å²) < 4.78 is 0. The van der Waals surface area contributed by atoms with E-state index < -0.39 is 0 Å². The number of amides is 1. The number of carbonyl (C=O) groups is 1. The van der Waals surface area contributed by atoms with Crippen molar-refractivity contribution in [3.8, 4) is 34.2 Å². The van der Waals surface area contributed by atoms with E-state index in [0.29, 0.717) is 28.1 Å². The number of para-hydroxylation sites is 1. The second-order valence-corrected chi connectivity index (χ2v) is 7.16. The maximum Gasteiger partial charge on any atom is 0.225 e. The van der Waals surface area contributed by atoms with Gasteiger partial charge >= 0.3 is 0 Å². The van der Waals surface area contributed by atoms with Gasteiger partial charge in [-0.15, -0.1) is 0 Å². The first-order chi connectivity index (χ1) is 14.8. The molecule has 6 N–H and O–H groups in total. The Labute approximate surface area is 180 Å². The van der Waals surface area contributed by atoms with E-state index in [0.717, 1.165) is 5.69 Å². The number of hydrogen-bond acceptors (Lipinski definition) is 7. The number of pyridine rings is 1. The zero-order chi connectivity index (χ0) is 22.5. The van der Waals surface area contributed by atoms with Gasteiger partial charge in [0.2, 0.25) is 5.91 Å². The normalized spacial score (nSPS) is 10.4. The van der Waals surface area contributed by atoms with Gasteiger partial charge in [-0.05, 0) is 35.9 Å². The molecule has 0 bridgehead atoms. The van der Waals surface area contributed by atoms with Crippen molar-refractivity contribution in [3.63, 3.8) is 0 Å². The minimum absolute atomic E-state index is 0.0581. The zero-order valence-electron chi connectivity index (χ0n) is 17.4. The fourth-order valence-corrected chi connectivity index (χ4v) is 3.28. The van der Waals surface area contributed by atoms with E-state index >= 15 is 0 Å². The Morgan fingerprint density at radius 3 is 2.58 bits per heavy atom. The first-order valence-electron chi connectivity index (χ1n) is 9.66. The van der Waals surface area contributed by atoms with Crippen molar-refractivity contribution in [1.29, 1.82) is 5.26 Å². The number of nitrogens with one attached hydrogen (secondary N) is 1. The molecule has 0 saturated carbocycles. The molecule has 0 aliphatic carbocycles. The van der Waals surface area contributed by atoms with Crippen LogP contribution < -0.4 is 21.7 Å². The monoisotopic (exact) mass is 416 g/mol. The topological polar surface area (TPSA) is 141 Å². The van der Waals surface area contributed by atoms with Crippen molar-refractivity contribution >= 4 is 23.1 Å². The highest BCUT2D eigenvalue weighted by Gasteiger charge is 2.17. The maximum absolute atomic E-state index is 12.2. The van der Waals surface area contributed by atoms with E-state index in [-0.39, 0.29) is 36.0 Å². The fraction of sp³-hybridized carbons (Fsp3) is 0.174. The van der Waals surface area contributed by atoms with Crippen molar-refractivity contribution in [2.24, 2.45) is 5.73 Å². The van der Waals surface area contributed by atoms with Crippen molar-refractivity contribution < 1.29 is 9.90 Å². The third kappa shape index (κ3) is 4.57. The summed E-state index contributed by atoms with van der Waals surface area (Å²) in [6.45, 7) is 0.242. The summed E-state index contributed by atoms with van der Waals surface area (Å²) in [6.07, 6.45) is 0.195. The van der Waals surface area contributed by atoms with Gasteiger partial charge in [-0.3, -0.25) is 4.79 Å². The van der Waals surface area contributed by atoms with Crippen LogP contribution in [-0.2, 0) is 4.79 Å². The molecule has 0 atom stereocenters. The second-order valence-electron chi connectivity index (χ2n) is 7.16. The molecule has 0 radical (unpaired) electrons. The Morgan fingerprint density at radius 1 is 1.19 bits per heavy atom. The first kappa shape index (κ1) is 21.6. The van der Waals surface area contributed by atoms with E-state index in [4.69, 9.17) is 11.5 Å². The minimum atomic E-state index is -0.201. The number of nitrogens with two attached hydrogens (primary N) is 2. The van der Waals surface area contributed by atoms with Crippen LogP contribution in [0.5, 0.6) is 5.75 Å².